The summed E-state index contributed by atoms with van der Waals surface area (Å²) in [5.74, 6) is 0.861. The molecule has 132 valence electrons. The van der Waals surface area contributed by atoms with E-state index in [1.54, 1.807) is 12.4 Å². The fourth-order valence-corrected chi connectivity index (χ4v) is 3.94. The lowest BCUT2D eigenvalue weighted by Crippen LogP contribution is -2.44. The Kier molecular flexibility index (Phi) is 5.58. The molecule has 1 unspecified atom stereocenters. The molecule has 0 aliphatic carbocycles. The summed E-state index contributed by atoms with van der Waals surface area (Å²) in [4.78, 5) is 22.6. The van der Waals surface area contributed by atoms with E-state index in [0.29, 0.717) is 0 Å². The van der Waals surface area contributed by atoms with Crippen molar-refractivity contribution in [2.45, 2.75) is 30.2 Å². The molecule has 1 aliphatic heterocycles. The highest BCUT2D eigenvalue weighted by molar-refractivity contribution is 7.99. The first-order valence-corrected chi connectivity index (χ1v) is 9.41. The Bertz CT molecular complexity index is 726. The standard InChI is InChI=1S/C19H23N3O2S/c1-19(15-7-4-3-5-8-15)9-6-10-22(14-19)16-11-20-12-17(21-16)25-13-18(23)24-2/h3-5,7-8,11-12H,6,9-10,13-14H2,1-2H3. The number of anilines is 1. The Hall–Kier alpha value is -2.08. The third-order valence-electron chi connectivity index (χ3n) is 4.66. The number of thioether (sulfide) groups is 1. The summed E-state index contributed by atoms with van der Waals surface area (Å²) in [6, 6.07) is 10.7. The second kappa shape index (κ2) is 7.87. The first-order chi connectivity index (χ1) is 12.1. The molecule has 0 N–H and O–H groups in total. The number of methoxy groups -OCH3 is 1. The summed E-state index contributed by atoms with van der Waals surface area (Å²) >= 11 is 1.35. The number of carbonyl (C=O) groups excluding carboxylic acids is 1. The van der Waals surface area contributed by atoms with Crippen LogP contribution in [0, 0.1) is 0 Å². The molecule has 0 bridgehead atoms. The molecule has 2 aromatic rings. The molecule has 1 saturated heterocycles. The number of nitrogens with zero attached hydrogens (tertiary/aromatic N) is 3. The van der Waals surface area contributed by atoms with Crippen molar-refractivity contribution < 1.29 is 9.53 Å². The van der Waals surface area contributed by atoms with E-state index >= 15 is 0 Å². The lowest BCUT2D eigenvalue weighted by Gasteiger charge is -2.41. The van der Waals surface area contributed by atoms with Crippen molar-refractivity contribution in [2.75, 3.05) is 30.9 Å². The summed E-state index contributed by atoms with van der Waals surface area (Å²) in [6.07, 6.45) is 5.78. The highest BCUT2D eigenvalue weighted by Crippen LogP contribution is 2.35. The van der Waals surface area contributed by atoms with E-state index in [1.807, 2.05) is 0 Å². The zero-order valence-electron chi connectivity index (χ0n) is 14.6. The van der Waals surface area contributed by atoms with Crippen molar-refractivity contribution in [3.63, 3.8) is 0 Å². The van der Waals surface area contributed by atoms with Gasteiger partial charge in [-0.3, -0.25) is 9.78 Å². The smallest absolute Gasteiger partial charge is 0.316 e. The molecule has 1 atom stereocenters. The van der Waals surface area contributed by atoms with Crippen LogP contribution in [0.3, 0.4) is 0 Å². The minimum absolute atomic E-state index is 0.107. The van der Waals surface area contributed by atoms with Crippen molar-refractivity contribution in [2.24, 2.45) is 0 Å². The summed E-state index contributed by atoms with van der Waals surface area (Å²) in [6.45, 7) is 4.21. The van der Waals surface area contributed by atoms with Crippen molar-refractivity contribution in [1.29, 1.82) is 0 Å². The van der Waals surface area contributed by atoms with Gasteiger partial charge in [0.1, 0.15) is 10.8 Å². The van der Waals surface area contributed by atoms with E-state index in [0.717, 1.165) is 36.8 Å². The van der Waals surface area contributed by atoms with E-state index in [9.17, 15) is 4.79 Å². The number of rotatable bonds is 5. The van der Waals surface area contributed by atoms with Crippen molar-refractivity contribution in [3.05, 3.63) is 48.3 Å². The van der Waals surface area contributed by atoms with Crippen molar-refractivity contribution in [1.82, 2.24) is 9.97 Å². The molecule has 1 fully saturated rings. The second-order valence-corrected chi connectivity index (χ2v) is 7.53. The van der Waals surface area contributed by atoms with Crippen molar-refractivity contribution in [3.8, 4) is 0 Å². The normalized spacial score (nSPS) is 20.3. The molecule has 0 saturated carbocycles. The predicted molar refractivity (Wildman–Crippen MR) is 100 cm³/mol. The zero-order chi connectivity index (χ0) is 17.7. The van der Waals surface area contributed by atoms with Gasteiger partial charge in [-0.25, -0.2) is 4.98 Å². The Morgan fingerprint density at radius 3 is 2.88 bits per heavy atom. The second-order valence-electron chi connectivity index (χ2n) is 6.53. The molecule has 1 aromatic heterocycles. The highest BCUT2D eigenvalue weighted by atomic mass is 32.2. The van der Waals surface area contributed by atoms with E-state index in [2.05, 4.69) is 56.9 Å². The molecule has 5 nitrogen and oxygen atoms in total. The molecule has 0 spiro atoms. The lowest BCUT2D eigenvalue weighted by atomic mass is 9.76. The van der Waals surface area contributed by atoms with E-state index in [1.165, 1.54) is 24.4 Å². The Balaban J connectivity index is 1.74. The largest absolute Gasteiger partial charge is 0.468 e. The third kappa shape index (κ3) is 4.31. The van der Waals surface area contributed by atoms with Crippen LogP contribution in [0.25, 0.3) is 0 Å². The van der Waals surface area contributed by atoms with Crippen LogP contribution in [0.5, 0.6) is 0 Å². The average Bonchev–Trinajstić information content (AvgIpc) is 2.67. The van der Waals surface area contributed by atoms with Gasteiger partial charge in [0, 0.05) is 18.5 Å². The van der Waals surface area contributed by atoms with Crippen LogP contribution in [0.4, 0.5) is 5.82 Å². The van der Waals surface area contributed by atoms with Crippen molar-refractivity contribution >= 4 is 23.5 Å². The first-order valence-electron chi connectivity index (χ1n) is 8.43. The van der Waals surface area contributed by atoms with Crippen LogP contribution < -0.4 is 4.90 Å². The fraction of sp³-hybridized carbons (Fsp3) is 0.421. The molecule has 6 heteroatoms. The van der Waals surface area contributed by atoms with Gasteiger partial charge in [0.05, 0.1) is 25.3 Å². The van der Waals surface area contributed by atoms with E-state index < -0.39 is 0 Å². The third-order valence-corrected chi connectivity index (χ3v) is 5.53. The van der Waals surface area contributed by atoms with E-state index in [-0.39, 0.29) is 17.1 Å². The summed E-state index contributed by atoms with van der Waals surface area (Å²) in [7, 11) is 1.39. The number of esters is 1. The first kappa shape index (κ1) is 17.7. The molecule has 1 aliphatic rings. The molecule has 2 heterocycles. The van der Waals surface area contributed by atoms with Gasteiger partial charge in [0.15, 0.2) is 0 Å². The molecule has 3 rings (SSSR count). The molecule has 0 amide bonds. The maximum Gasteiger partial charge on any atom is 0.316 e. The average molecular weight is 357 g/mol. The molecule has 0 radical (unpaired) electrons. The van der Waals surface area contributed by atoms with Gasteiger partial charge in [0.2, 0.25) is 0 Å². The maximum atomic E-state index is 11.3. The van der Waals surface area contributed by atoms with Gasteiger partial charge in [-0.1, -0.05) is 49.0 Å². The van der Waals surface area contributed by atoms with Gasteiger partial charge >= 0.3 is 5.97 Å². The molecular weight excluding hydrogens is 334 g/mol. The Morgan fingerprint density at radius 1 is 1.32 bits per heavy atom. The van der Waals surface area contributed by atoms with Crippen LogP contribution >= 0.6 is 11.8 Å². The molecular formula is C19H23N3O2S. The van der Waals surface area contributed by atoms with Gasteiger partial charge in [-0.05, 0) is 18.4 Å². The molecule has 1 aromatic carbocycles. The Labute approximate surface area is 152 Å². The van der Waals surface area contributed by atoms with Crippen LogP contribution in [0.15, 0.2) is 47.8 Å². The summed E-state index contributed by atoms with van der Waals surface area (Å²) in [5.41, 5.74) is 1.47. The minimum atomic E-state index is -0.258. The van der Waals surface area contributed by atoms with Gasteiger partial charge in [-0.15, -0.1) is 0 Å². The number of piperidine rings is 1. The monoisotopic (exact) mass is 357 g/mol. The molecule has 25 heavy (non-hydrogen) atoms. The lowest BCUT2D eigenvalue weighted by molar-refractivity contribution is -0.137. The zero-order valence-corrected chi connectivity index (χ0v) is 15.5. The summed E-state index contributed by atoms with van der Waals surface area (Å²) < 4.78 is 4.68. The highest BCUT2D eigenvalue weighted by Gasteiger charge is 2.33. The quantitative estimate of drug-likeness (QED) is 0.604. The topological polar surface area (TPSA) is 55.3 Å². The van der Waals surface area contributed by atoms with Crippen LogP contribution in [-0.4, -0.2) is 41.9 Å². The van der Waals surface area contributed by atoms with Crippen LogP contribution in [0.1, 0.15) is 25.3 Å². The van der Waals surface area contributed by atoms with Gasteiger partial charge in [-0.2, -0.15) is 0 Å². The van der Waals surface area contributed by atoms with Gasteiger partial charge < -0.3 is 9.64 Å². The number of hydrogen-bond donors (Lipinski definition) is 0. The summed E-state index contributed by atoms with van der Waals surface area (Å²) in [5, 5.41) is 0.745. The number of ether oxygens (including phenoxy) is 1. The number of carbonyl (C=O) groups is 1. The van der Waals surface area contributed by atoms with Crippen LogP contribution in [-0.2, 0) is 14.9 Å². The predicted octanol–water partition coefficient (Wildman–Crippen LogP) is 3.30. The van der Waals surface area contributed by atoms with Crippen LogP contribution in [0.2, 0.25) is 0 Å². The minimum Gasteiger partial charge on any atom is -0.468 e. The van der Waals surface area contributed by atoms with E-state index in [4.69, 9.17) is 0 Å². The Morgan fingerprint density at radius 2 is 2.12 bits per heavy atom. The number of hydrogen-bond acceptors (Lipinski definition) is 6. The number of benzene rings is 1. The maximum absolute atomic E-state index is 11.3. The number of aromatic nitrogens is 2. The SMILES string of the molecule is COC(=O)CSc1cncc(N2CCCC(C)(c3ccccc3)C2)n1. The van der Waals surface area contributed by atoms with Gasteiger partial charge in [0.25, 0.3) is 0 Å². The fourth-order valence-electron chi connectivity index (χ4n) is 3.26.